The lowest BCUT2D eigenvalue weighted by molar-refractivity contribution is -0.137. The maximum absolute atomic E-state index is 11.0. The van der Waals surface area contributed by atoms with Crippen LogP contribution in [-0.2, 0) is 4.79 Å². The summed E-state index contributed by atoms with van der Waals surface area (Å²) in [6.07, 6.45) is 12.1. The van der Waals surface area contributed by atoms with Gasteiger partial charge >= 0.3 is 5.97 Å². The molecule has 0 amide bonds. The minimum Gasteiger partial charge on any atom is -0.481 e. The van der Waals surface area contributed by atoms with Gasteiger partial charge in [-0.3, -0.25) is 4.79 Å². The van der Waals surface area contributed by atoms with E-state index < -0.39 is 5.97 Å². The average Bonchev–Trinajstić information content (AvgIpc) is 2.70. The molecule has 0 aliphatic heterocycles. The molecule has 0 aromatic rings. The second-order valence-electron chi connectivity index (χ2n) is 10.4. The van der Waals surface area contributed by atoms with Crippen molar-refractivity contribution in [3.8, 4) is 0 Å². The van der Waals surface area contributed by atoms with Crippen LogP contribution in [0, 0.1) is 35.0 Å². The van der Waals surface area contributed by atoms with Crippen LogP contribution >= 0.6 is 0 Å². The van der Waals surface area contributed by atoms with Gasteiger partial charge in [-0.15, -0.1) is 0 Å². The molecule has 2 unspecified atom stereocenters. The van der Waals surface area contributed by atoms with E-state index in [2.05, 4.69) is 26.8 Å². The van der Waals surface area contributed by atoms with Crippen molar-refractivity contribution >= 4 is 5.97 Å². The van der Waals surface area contributed by atoms with Gasteiger partial charge in [0.15, 0.2) is 0 Å². The van der Waals surface area contributed by atoms with Crippen LogP contribution in [0.5, 0.6) is 0 Å². The van der Waals surface area contributed by atoms with Crippen LogP contribution in [0.1, 0.15) is 91.4 Å². The lowest BCUT2D eigenvalue weighted by atomic mass is 9.39. The molecule has 4 nitrogen and oxygen atoms in total. The lowest BCUT2D eigenvalue weighted by Crippen LogP contribution is -2.60. The van der Waals surface area contributed by atoms with Gasteiger partial charge < -0.3 is 15.3 Å². The predicted octanol–water partition coefficient (Wildman–Crippen LogP) is 5.18. The fourth-order valence-electron chi connectivity index (χ4n) is 7.29. The van der Waals surface area contributed by atoms with Crippen molar-refractivity contribution in [3.05, 3.63) is 11.6 Å². The number of aliphatic hydroxyl groups is 2. The third kappa shape index (κ3) is 4.44. The molecular formula is C25H42O4. The van der Waals surface area contributed by atoms with Crippen molar-refractivity contribution in [1.29, 1.82) is 0 Å². The number of fused-ring (bicyclic) bond motifs is 1. The fourth-order valence-corrected chi connectivity index (χ4v) is 7.29. The van der Waals surface area contributed by atoms with E-state index in [1.165, 1.54) is 24.8 Å². The predicted molar refractivity (Wildman–Crippen MR) is 115 cm³/mol. The maximum Gasteiger partial charge on any atom is 0.303 e. The van der Waals surface area contributed by atoms with Crippen LogP contribution < -0.4 is 0 Å². The quantitative estimate of drug-likeness (QED) is 0.486. The zero-order valence-corrected chi connectivity index (χ0v) is 18.6. The Balaban J connectivity index is 1.71. The topological polar surface area (TPSA) is 77.8 Å². The van der Waals surface area contributed by atoms with Crippen LogP contribution in [0.3, 0.4) is 0 Å². The monoisotopic (exact) mass is 406 g/mol. The molecule has 0 aromatic carbocycles. The first-order valence-electron chi connectivity index (χ1n) is 12.1. The molecule has 0 aromatic heterocycles. The molecule has 3 fully saturated rings. The summed E-state index contributed by atoms with van der Waals surface area (Å²) >= 11 is 0. The van der Waals surface area contributed by atoms with E-state index in [0.717, 1.165) is 38.5 Å². The number of allylic oxidation sites excluding steroid dienone is 2. The van der Waals surface area contributed by atoms with Crippen molar-refractivity contribution in [3.63, 3.8) is 0 Å². The van der Waals surface area contributed by atoms with Gasteiger partial charge in [-0.2, -0.15) is 0 Å². The van der Waals surface area contributed by atoms with Crippen LogP contribution in [0.4, 0.5) is 0 Å². The number of carboxylic acid groups (broad SMARTS) is 1. The van der Waals surface area contributed by atoms with Gasteiger partial charge in [-0.05, 0) is 80.0 Å². The normalized spacial score (nSPS) is 37.9. The number of carbonyl (C=O) groups is 1. The molecule has 0 saturated heterocycles. The number of aliphatic carboxylic acids is 1. The Morgan fingerprint density at radius 1 is 1.21 bits per heavy atom. The standard InChI is InChI=1S/C25H42O4/c1-16(2)25-15-14-22(27)19(12-13-21(26)18-8-5-4-6-9-18)24(25)17(3)20(25)10-7-11-23(28)29/h10,16-19,21-22,24,26-27H,4-9,11-15H2,1-3H3,(H,28,29)/t17?,19-,21?,22+,24+,25-/m0/s1. The largest absolute Gasteiger partial charge is 0.481 e. The lowest BCUT2D eigenvalue weighted by Gasteiger charge is -2.66. The van der Waals surface area contributed by atoms with Gasteiger partial charge in [-0.25, -0.2) is 0 Å². The third-order valence-corrected chi connectivity index (χ3v) is 8.71. The molecule has 3 rings (SSSR count). The Kier molecular flexibility index (Phi) is 7.48. The number of rotatable bonds is 8. The van der Waals surface area contributed by atoms with Gasteiger partial charge in [-0.1, -0.05) is 51.7 Å². The smallest absolute Gasteiger partial charge is 0.303 e. The van der Waals surface area contributed by atoms with Crippen molar-refractivity contribution < 1.29 is 20.1 Å². The number of carboxylic acids is 1. The van der Waals surface area contributed by atoms with Crippen LogP contribution in [0.25, 0.3) is 0 Å². The summed E-state index contributed by atoms with van der Waals surface area (Å²) in [5, 5.41) is 30.7. The number of hydrogen-bond acceptors (Lipinski definition) is 3. The number of aliphatic hydroxyl groups excluding tert-OH is 2. The van der Waals surface area contributed by atoms with E-state index in [1.807, 2.05) is 0 Å². The Morgan fingerprint density at radius 2 is 1.90 bits per heavy atom. The van der Waals surface area contributed by atoms with Crippen LogP contribution in [0.15, 0.2) is 11.6 Å². The fraction of sp³-hybridized carbons (Fsp3) is 0.880. The highest BCUT2D eigenvalue weighted by Gasteiger charge is 2.62. The van der Waals surface area contributed by atoms with E-state index in [0.29, 0.717) is 30.1 Å². The summed E-state index contributed by atoms with van der Waals surface area (Å²) in [4.78, 5) is 11.0. The first-order valence-corrected chi connectivity index (χ1v) is 12.1. The Labute approximate surface area is 176 Å². The molecule has 3 aliphatic carbocycles. The molecule has 3 saturated carbocycles. The summed E-state index contributed by atoms with van der Waals surface area (Å²) in [6.45, 7) is 6.84. The Morgan fingerprint density at radius 3 is 2.52 bits per heavy atom. The summed E-state index contributed by atoms with van der Waals surface area (Å²) in [5.41, 5.74) is 1.54. The molecule has 0 radical (unpaired) electrons. The first kappa shape index (κ1) is 22.8. The minimum absolute atomic E-state index is 0.109. The highest BCUT2D eigenvalue weighted by atomic mass is 16.4. The van der Waals surface area contributed by atoms with E-state index in [9.17, 15) is 15.0 Å². The van der Waals surface area contributed by atoms with E-state index in [-0.39, 0.29) is 30.0 Å². The number of hydrogen-bond donors (Lipinski definition) is 3. The highest BCUT2D eigenvalue weighted by molar-refractivity contribution is 5.66. The van der Waals surface area contributed by atoms with Crippen molar-refractivity contribution in [2.45, 2.75) is 104 Å². The third-order valence-electron chi connectivity index (χ3n) is 8.71. The maximum atomic E-state index is 11.0. The summed E-state index contributed by atoms with van der Waals surface area (Å²) < 4.78 is 0. The van der Waals surface area contributed by atoms with Gasteiger partial charge in [0.05, 0.1) is 12.2 Å². The molecule has 0 spiro atoms. The zero-order chi connectivity index (χ0) is 21.2. The van der Waals surface area contributed by atoms with E-state index >= 15 is 0 Å². The second-order valence-corrected chi connectivity index (χ2v) is 10.4. The molecular weight excluding hydrogens is 364 g/mol. The van der Waals surface area contributed by atoms with Crippen molar-refractivity contribution in [2.75, 3.05) is 0 Å². The molecule has 29 heavy (non-hydrogen) atoms. The Bertz CT molecular complexity index is 592. The van der Waals surface area contributed by atoms with Gasteiger partial charge in [0.1, 0.15) is 0 Å². The molecule has 0 heterocycles. The Hall–Kier alpha value is -0.870. The van der Waals surface area contributed by atoms with Gasteiger partial charge in [0.25, 0.3) is 0 Å². The molecule has 6 atom stereocenters. The SMILES string of the molecule is CC1C(=CCCC(=O)O)[C@@]2(C(C)C)CC[C@@H](O)[C@H](CCC(O)C3CCCCC3)[C@@H]12. The zero-order valence-electron chi connectivity index (χ0n) is 18.6. The summed E-state index contributed by atoms with van der Waals surface area (Å²) in [7, 11) is 0. The van der Waals surface area contributed by atoms with Crippen molar-refractivity contribution in [2.24, 2.45) is 35.0 Å². The molecule has 4 heteroatoms. The average molecular weight is 407 g/mol. The molecule has 166 valence electrons. The van der Waals surface area contributed by atoms with E-state index in [4.69, 9.17) is 5.11 Å². The van der Waals surface area contributed by atoms with Crippen LogP contribution in [-0.4, -0.2) is 33.5 Å². The van der Waals surface area contributed by atoms with Gasteiger partial charge in [0, 0.05) is 6.42 Å². The molecule has 3 N–H and O–H groups in total. The first-order chi connectivity index (χ1) is 13.8. The van der Waals surface area contributed by atoms with Gasteiger partial charge in [0.2, 0.25) is 0 Å². The summed E-state index contributed by atoms with van der Waals surface area (Å²) in [6, 6.07) is 0. The van der Waals surface area contributed by atoms with E-state index in [1.54, 1.807) is 0 Å². The highest BCUT2D eigenvalue weighted by Crippen LogP contribution is 2.68. The molecule has 0 bridgehead atoms. The van der Waals surface area contributed by atoms with Crippen molar-refractivity contribution in [1.82, 2.24) is 0 Å². The van der Waals surface area contributed by atoms with Crippen LogP contribution in [0.2, 0.25) is 0 Å². The molecule has 3 aliphatic rings. The second kappa shape index (κ2) is 9.51. The minimum atomic E-state index is -0.738. The summed E-state index contributed by atoms with van der Waals surface area (Å²) in [5.74, 6) is 1.29.